The van der Waals surface area contributed by atoms with E-state index in [1.54, 1.807) is 36.1 Å². The van der Waals surface area contributed by atoms with Crippen LogP contribution in [0.15, 0.2) is 59.8 Å². The first-order valence-electron chi connectivity index (χ1n) is 7.79. The van der Waals surface area contributed by atoms with Crippen molar-refractivity contribution in [1.82, 2.24) is 14.3 Å². The molecule has 0 amide bonds. The predicted octanol–water partition coefficient (Wildman–Crippen LogP) is 3.59. The lowest BCUT2D eigenvalue weighted by atomic mass is 10.1. The van der Waals surface area contributed by atoms with Gasteiger partial charge in [0.25, 0.3) is 0 Å². The van der Waals surface area contributed by atoms with Crippen LogP contribution in [0.1, 0.15) is 23.0 Å². The minimum atomic E-state index is -3.94. The third kappa shape index (κ3) is 3.80. The molecule has 26 heavy (non-hydrogen) atoms. The van der Waals surface area contributed by atoms with Crippen molar-refractivity contribution in [2.24, 2.45) is 7.05 Å². The third-order valence-corrected chi connectivity index (χ3v) is 5.88. The van der Waals surface area contributed by atoms with Gasteiger partial charge in [-0.1, -0.05) is 29.8 Å². The minimum Gasteiger partial charge on any atom is -0.336 e. The fourth-order valence-corrected chi connectivity index (χ4v) is 4.40. The molecule has 136 valence electrons. The standard InChI is InChI=1S/C18H17ClFN3O2S/c1-12-3-8-16(15(19)11-12)26(24,25)22-17(18-21-9-10-23(18)2)13-4-6-14(20)7-5-13/h3-11,17,22H,1-2H3. The van der Waals surface area contributed by atoms with E-state index in [0.717, 1.165) is 5.56 Å². The molecule has 0 fully saturated rings. The van der Waals surface area contributed by atoms with Crippen LogP contribution < -0.4 is 4.72 Å². The Labute approximate surface area is 156 Å². The zero-order chi connectivity index (χ0) is 18.9. The average Bonchev–Trinajstić information content (AvgIpc) is 2.99. The van der Waals surface area contributed by atoms with Crippen molar-refractivity contribution in [2.45, 2.75) is 17.9 Å². The topological polar surface area (TPSA) is 64.0 Å². The molecule has 0 aliphatic carbocycles. The Morgan fingerprint density at radius 3 is 2.46 bits per heavy atom. The van der Waals surface area contributed by atoms with Gasteiger partial charge in [-0.05, 0) is 42.3 Å². The predicted molar refractivity (Wildman–Crippen MR) is 98.0 cm³/mol. The van der Waals surface area contributed by atoms with Crippen molar-refractivity contribution in [3.63, 3.8) is 0 Å². The second-order valence-corrected chi connectivity index (χ2v) is 8.03. The van der Waals surface area contributed by atoms with Crippen LogP contribution in [0.4, 0.5) is 4.39 Å². The van der Waals surface area contributed by atoms with Crippen LogP contribution in [0.5, 0.6) is 0 Å². The minimum absolute atomic E-state index is 0.0221. The Kier molecular flexibility index (Phi) is 5.13. The number of hydrogen-bond acceptors (Lipinski definition) is 3. The number of nitrogens with zero attached hydrogens (tertiary/aromatic N) is 2. The fourth-order valence-electron chi connectivity index (χ4n) is 2.62. The van der Waals surface area contributed by atoms with E-state index in [4.69, 9.17) is 11.6 Å². The quantitative estimate of drug-likeness (QED) is 0.720. The Bertz CT molecular complexity index is 1030. The highest BCUT2D eigenvalue weighted by molar-refractivity contribution is 7.89. The highest BCUT2D eigenvalue weighted by atomic mass is 35.5. The summed E-state index contributed by atoms with van der Waals surface area (Å²) >= 11 is 6.13. The summed E-state index contributed by atoms with van der Waals surface area (Å²) < 4.78 is 43.5. The molecule has 0 spiro atoms. The molecule has 2 aromatic carbocycles. The van der Waals surface area contributed by atoms with Gasteiger partial charge in [0, 0.05) is 19.4 Å². The molecule has 0 radical (unpaired) electrons. The second-order valence-electron chi connectivity index (χ2n) is 5.94. The molecule has 1 atom stereocenters. The summed E-state index contributed by atoms with van der Waals surface area (Å²) in [6.45, 7) is 1.82. The van der Waals surface area contributed by atoms with Gasteiger partial charge >= 0.3 is 0 Å². The van der Waals surface area contributed by atoms with Gasteiger partial charge in [-0.3, -0.25) is 0 Å². The molecule has 1 heterocycles. The van der Waals surface area contributed by atoms with Gasteiger partial charge in [-0.25, -0.2) is 17.8 Å². The lowest BCUT2D eigenvalue weighted by molar-refractivity contribution is 0.562. The molecule has 3 rings (SSSR count). The molecule has 1 aromatic heterocycles. The molecule has 1 N–H and O–H groups in total. The van der Waals surface area contributed by atoms with Crippen molar-refractivity contribution in [1.29, 1.82) is 0 Å². The summed E-state index contributed by atoms with van der Waals surface area (Å²) in [5.41, 5.74) is 1.42. The van der Waals surface area contributed by atoms with Crippen LogP contribution >= 0.6 is 11.6 Å². The zero-order valence-electron chi connectivity index (χ0n) is 14.1. The molecule has 0 aliphatic rings. The molecule has 5 nitrogen and oxygen atoms in total. The van der Waals surface area contributed by atoms with Gasteiger partial charge in [0.15, 0.2) is 0 Å². The molecular formula is C18H17ClFN3O2S. The molecule has 8 heteroatoms. The lowest BCUT2D eigenvalue weighted by Gasteiger charge is -2.20. The SMILES string of the molecule is Cc1ccc(S(=O)(=O)NC(c2ccc(F)cc2)c2nccn2C)c(Cl)c1. The zero-order valence-corrected chi connectivity index (χ0v) is 15.7. The van der Waals surface area contributed by atoms with Gasteiger partial charge in [0.2, 0.25) is 10.0 Å². The largest absolute Gasteiger partial charge is 0.336 e. The van der Waals surface area contributed by atoms with E-state index in [1.807, 2.05) is 6.92 Å². The normalized spacial score (nSPS) is 12.9. The third-order valence-electron chi connectivity index (χ3n) is 3.97. The van der Waals surface area contributed by atoms with Gasteiger partial charge in [-0.15, -0.1) is 0 Å². The van der Waals surface area contributed by atoms with Crippen molar-refractivity contribution < 1.29 is 12.8 Å². The van der Waals surface area contributed by atoms with Crippen LogP contribution in [0, 0.1) is 12.7 Å². The molecule has 0 saturated carbocycles. The summed E-state index contributed by atoms with van der Waals surface area (Å²) in [6.07, 6.45) is 3.28. The van der Waals surface area contributed by atoms with E-state index in [9.17, 15) is 12.8 Å². The van der Waals surface area contributed by atoms with Crippen molar-refractivity contribution in [3.8, 4) is 0 Å². The molecule has 0 saturated heterocycles. The molecule has 0 bridgehead atoms. The first-order chi connectivity index (χ1) is 12.3. The summed E-state index contributed by atoms with van der Waals surface area (Å²) in [5, 5.41) is 0.134. The smallest absolute Gasteiger partial charge is 0.243 e. The van der Waals surface area contributed by atoms with Gasteiger partial charge in [0.05, 0.1) is 5.02 Å². The van der Waals surface area contributed by atoms with Crippen molar-refractivity contribution in [3.05, 3.63) is 82.6 Å². The summed E-state index contributed by atoms with van der Waals surface area (Å²) in [4.78, 5) is 4.22. The molecule has 3 aromatic rings. The number of aromatic nitrogens is 2. The number of hydrogen-bond donors (Lipinski definition) is 1. The maximum Gasteiger partial charge on any atom is 0.243 e. The monoisotopic (exact) mass is 393 g/mol. The average molecular weight is 394 g/mol. The van der Waals surface area contributed by atoms with Crippen LogP contribution in [0.2, 0.25) is 5.02 Å². The maximum absolute atomic E-state index is 13.3. The second kappa shape index (κ2) is 7.19. The number of halogens is 2. The van der Waals surface area contributed by atoms with Gasteiger partial charge in [0.1, 0.15) is 22.6 Å². The van der Waals surface area contributed by atoms with Gasteiger partial charge < -0.3 is 4.57 Å². The fraction of sp³-hybridized carbons (Fsp3) is 0.167. The molecular weight excluding hydrogens is 377 g/mol. The highest BCUT2D eigenvalue weighted by Crippen LogP contribution is 2.27. The first kappa shape index (κ1) is 18.6. The maximum atomic E-state index is 13.3. The number of rotatable bonds is 5. The summed E-state index contributed by atoms with van der Waals surface area (Å²) in [6, 6.07) is 9.52. The van der Waals surface area contributed by atoms with E-state index in [0.29, 0.717) is 11.4 Å². The number of sulfonamides is 1. The van der Waals surface area contributed by atoms with Crippen LogP contribution in [0.3, 0.4) is 0 Å². The number of nitrogens with one attached hydrogen (secondary N) is 1. The van der Waals surface area contributed by atoms with Gasteiger partial charge in [-0.2, -0.15) is 4.72 Å². The Morgan fingerprint density at radius 1 is 1.19 bits per heavy atom. The number of benzene rings is 2. The summed E-state index contributed by atoms with van der Waals surface area (Å²) in [7, 11) is -2.18. The van der Waals surface area contributed by atoms with Crippen LogP contribution in [-0.2, 0) is 17.1 Å². The van der Waals surface area contributed by atoms with Crippen LogP contribution in [-0.4, -0.2) is 18.0 Å². The Hall–Kier alpha value is -2.22. The van der Waals surface area contributed by atoms with E-state index in [2.05, 4.69) is 9.71 Å². The number of aryl methyl sites for hydroxylation is 2. The Balaban J connectivity index is 2.05. The lowest BCUT2D eigenvalue weighted by Crippen LogP contribution is -2.31. The highest BCUT2D eigenvalue weighted by Gasteiger charge is 2.27. The van der Waals surface area contributed by atoms with E-state index in [-0.39, 0.29) is 9.92 Å². The number of imidazole rings is 1. The van der Waals surface area contributed by atoms with E-state index >= 15 is 0 Å². The van der Waals surface area contributed by atoms with Crippen LogP contribution in [0.25, 0.3) is 0 Å². The van der Waals surface area contributed by atoms with Crippen molar-refractivity contribution in [2.75, 3.05) is 0 Å². The van der Waals surface area contributed by atoms with Crippen molar-refractivity contribution >= 4 is 21.6 Å². The molecule has 0 aliphatic heterocycles. The summed E-state index contributed by atoms with van der Waals surface area (Å²) in [5.74, 6) is 0.0696. The van der Waals surface area contributed by atoms with E-state index in [1.165, 1.54) is 30.3 Å². The Morgan fingerprint density at radius 2 is 1.88 bits per heavy atom. The van der Waals surface area contributed by atoms with E-state index < -0.39 is 21.9 Å². The first-order valence-corrected chi connectivity index (χ1v) is 9.65. The molecule has 1 unspecified atom stereocenters.